The van der Waals surface area contributed by atoms with Gasteiger partial charge in [0.1, 0.15) is 5.75 Å². The summed E-state index contributed by atoms with van der Waals surface area (Å²) in [6.45, 7) is 3.74. The molecule has 0 aromatic heterocycles. The Morgan fingerprint density at radius 3 is 1.78 bits per heavy atom. The van der Waals surface area contributed by atoms with Crippen LogP contribution in [0.1, 0.15) is 25.5 Å². The minimum atomic E-state index is -0.563. The smallest absolute Gasteiger partial charge is 0.164 e. The number of benzene rings is 1. The number of ether oxygens (including phenoxy) is 3. The maximum atomic E-state index is 6.16. The first-order chi connectivity index (χ1) is 8.35. The lowest BCUT2D eigenvalue weighted by Gasteiger charge is -2.29. The lowest BCUT2D eigenvalue weighted by atomic mass is 9.89. The second-order valence-corrected chi connectivity index (χ2v) is 4.75. The van der Waals surface area contributed by atoms with E-state index in [1.165, 1.54) is 0 Å². The molecule has 0 bridgehead atoms. The average Bonchev–Trinajstić information content (AvgIpc) is 2.34. The van der Waals surface area contributed by atoms with Crippen molar-refractivity contribution in [1.29, 1.82) is 0 Å². The molecule has 0 spiro atoms. The standard InChI is InChI=1S/C13H22N2O3/c1-13(2,15)12(14)8-6-10(17-4)11(18-5)7-9(8)16-3/h6-7,12H,14-15H2,1-5H3. The molecule has 0 heterocycles. The van der Waals surface area contributed by atoms with Gasteiger partial charge in [-0.3, -0.25) is 0 Å². The highest BCUT2D eigenvalue weighted by Gasteiger charge is 2.27. The van der Waals surface area contributed by atoms with Gasteiger partial charge in [0.05, 0.1) is 27.4 Å². The van der Waals surface area contributed by atoms with Crippen molar-refractivity contribution in [3.05, 3.63) is 17.7 Å². The van der Waals surface area contributed by atoms with Gasteiger partial charge >= 0.3 is 0 Å². The molecule has 18 heavy (non-hydrogen) atoms. The molecular weight excluding hydrogens is 232 g/mol. The van der Waals surface area contributed by atoms with Gasteiger partial charge in [0.15, 0.2) is 11.5 Å². The topological polar surface area (TPSA) is 79.7 Å². The summed E-state index contributed by atoms with van der Waals surface area (Å²) in [5.74, 6) is 1.84. The fourth-order valence-corrected chi connectivity index (χ4v) is 1.70. The molecule has 1 aromatic carbocycles. The van der Waals surface area contributed by atoms with Gasteiger partial charge in [0.2, 0.25) is 0 Å². The molecule has 5 heteroatoms. The predicted molar refractivity (Wildman–Crippen MR) is 71.3 cm³/mol. The minimum absolute atomic E-state index is 0.368. The Hall–Kier alpha value is -1.46. The zero-order valence-corrected chi connectivity index (χ0v) is 11.6. The zero-order chi connectivity index (χ0) is 13.9. The van der Waals surface area contributed by atoms with Gasteiger partial charge in [0.25, 0.3) is 0 Å². The molecule has 0 amide bonds. The molecule has 0 fully saturated rings. The van der Waals surface area contributed by atoms with Crippen LogP contribution in [0.4, 0.5) is 0 Å². The van der Waals surface area contributed by atoms with Gasteiger partial charge in [0, 0.05) is 17.2 Å². The number of methoxy groups -OCH3 is 3. The Morgan fingerprint density at radius 2 is 1.39 bits per heavy atom. The predicted octanol–water partition coefficient (Wildman–Crippen LogP) is 1.45. The normalized spacial score (nSPS) is 13.1. The maximum Gasteiger partial charge on any atom is 0.164 e. The van der Waals surface area contributed by atoms with E-state index in [9.17, 15) is 0 Å². The summed E-state index contributed by atoms with van der Waals surface area (Å²) < 4.78 is 15.8. The summed E-state index contributed by atoms with van der Waals surface area (Å²) in [7, 11) is 4.73. The van der Waals surface area contributed by atoms with Gasteiger partial charge in [-0.05, 0) is 19.9 Å². The summed E-state index contributed by atoms with van der Waals surface area (Å²) in [4.78, 5) is 0. The van der Waals surface area contributed by atoms with Crippen molar-refractivity contribution in [1.82, 2.24) is 0 Å². The van der Waals surface area contributed by atoms with Crippen LogP contribution in [0, 0.1) is 0 Å². The highest BCUT2D eigenvalue weighted by atomic mass is 16.5. The van der Waals surface area contributed by atoms with E-state index in [1.54, 1.807) is 33.5 Å². The fourth-order valence-electron chi connectivity index (χ4n) is 1.70. The largest absolute Gasteiger partial charge is 0.496 e. The van der Waals surface area contributed by atoms with Crippen LogP contribution >= 0.6 is 0 Å². The molecule has 4 N–H and O–H groups in total. The minimum Gasteiger partial charge on any atom is -0.496 e. The first-order valence-electron chi connectivity index (χ1n) is 5.69. The highest BCUT2D eigenvalue weighted by Crippen LogP contribution is 2.38. The molecule has 1 rings (SSSR count). The quantitative estimate of drug-likeness (QED) is 0.831. The van der Waals surface area contributed by atoms with Crippen LogP contribution in [0.15, 0.2) is 12.1 Å². The van der Waals surface area contributed by atoms with E-state index in [0.29, 0.717) is 17.2 Å². The van der Waals surface area contributed by atoms with Crippen molar-refractivity contribution in [2.45, 2.75) is 25.4 Å². The Bertz CT molecular complexity index is 413. The number of hydrogen-bond donors (Lipinski definition) is 2. The van der Waals surface area contributed by atoms with Crippen LogP contribution in [-0.4, -0.2) is 26.9 Å². The van der Waals surface area contributed by atoms with E-state index >= 15 is 0 Å². The number of nitrogens with two attached hydrogens (primary N) is 2. The van der Waals surface area contributed by atoms with E-state index in [2.05, 4.69) is 0 Å². The molecule has 0 saturated carbocycles. The van der Waals surface area contributed by atoms with E-state index in [1.807, 2.05) is 13.8 Å². The summed E-state index contributed by atoms with van der Waals surface area (Å²) in [5, 5.41) is 0. The van der Waals surface area contributed by atoms with Crippen molar-refractivity contribution in [3.8, 4) is 17.2 Å². The maximum absolute atomic E-state index is 6.16. The molecule has 5 nitrogen and oxygen atoms in total. The first kappa shape index (κ1) is 14.6. The molecule has 1 atom stereocenters. The van der Waals surface area contributed by atoms with Crippen molar-refractivity contribution in [2.24, 2.45) is 11.5 Å². The fraction of sp³-hybridized carbons (Fsp3) is 0.538. The third kappa shape index (κ3) is 2.86. The Morgan fingerprint density at radius 1 is 0.944 bits per heavy atom. The van der Waals surface area contributed by atoms with Gasteiger partial charge in [-0.2, -0.15) is 0 Å². The summed E-state index contributed by atoms with van der Waals surface area (Å²) in [6.07, 6.45) is 0. The average molecular weight is 254 g/mol. The van der Waals surface area contributed by atoms with E-state index in [-0.39, 0.29) is 6.04 Å². The van der Waals surface area contributed by atoms with Gasteiger partial charge in [-0.15, -0.1) is 0 Å². The lowest BCUT2D eigenvalue weighted by Crippen LogP contribution is -2.43. The summed E-state index contributed by atoms with van der Waals surface area (Å²) in [5.41, 5.74) is 12.4. The molecule has 0 aliphatic heterocycles. The molecule has 0 radical (unpaired) electrons. The van der Waals surface area contributed by atoms with Crippen molar-refractivity contribution >= 4 is 0 Å². The van der Waals surface area contributed by atoms with Crippen LogP contribution in [0.5, 0.6) is 17.2 Å². The lowest BCUT2D eigenvalue weighted by molar-refractivity contribution is 0.340. The van der Waals surface area contributed by atoms with E-state index in [0.717, 1.165) is 5.56 Å². The van der Waals surface area contributed by atoms with Crippen molar-refractivity contribution in [3.63, 3.8) is 0 Å². The molecule has 0 saturated heterocycles. The molecule has 1 aromatic rings. The van der Waals surface area contributed by atoms with E-state index < -0.39 is 5.54 Å². The molecule has 0 aliphatic carbocycles. The zero-order valence-electron chi connectivity index (χ0n) is 11.6. The number of hydrogen-bond acceptors (Lipinski definition) is 5. The Balaban J connectivity index is 3.34. The van der Waals surface area contributed by atoms with Crippen molar-refractivity contribution in [2.75, 3.05) is 21.3 Å². The van der Waals surface area contributed by atoms with Crippen LogP contribution < -0.4 is 25.7 Å². The third-order valence-electron chi connectivity index (χ3n) is 2.87. The molecule has 0 aliphatic rings. The van der Waals surface area contributed by atoms with Crippen LogP contribution in [-0.2, 0) is 0 Å². The van der Waals surface area contributed by atoms with Gasteiger partial charge < -0.3 is 25.7 Å². The van der Waals surface area contributed by atoms with Gasteiger partial charge in [-0.25, -0.2) is 0 Å². The Kier molecular flexibility index (Phi) is 4.43. The van der Waals surface area contributed by atoms with E-state index in [4.69, 9.17) is 25.7 Å². The van der Waals surface area contributed by atoms with Crippen LogP contribution in [0.25, 0.3) is 0 Å². The molecular formula is C13H22N2O3. The second kappa shape index (κ2) is 5.46. The van der Waals surface area contributed by atoms with Crippen LogP contribution in [0.2, 0.25) is 0 Å². The third-order valence-corrected chi connectivity index (χ3v) is 2.87. The number of rotatable bonds is 5. The monoisotopic (exact) mass is 254 g/mol. The SMILES string of the molecule is COc1cc(OC)c(C(N)C(C)(C)N)cc1OC. The summed E-state index contributed by atoms with van der Waals surface area (Å²) >= 11 is 0. The molecule has 102 valence electrons. The highest BCUT2D eigenvalue weighted by molar-refractivity contribution is 5.52. The molecule has 1 unspecified atom stereocenters. The Labute approximate surface area is 108 Å². The second-order valence-electron chi connectivity index (χ2n) is 4.75. The summed E-state index contributed by atoms with van der Waals surface area (Å²) in [6, 6.07) is 3.18. The first-order valence-corrected chi connectivity index (χ1v) is 5.69. The van der Waals surface area contributed by atoms with Crippen LogP contribution in [0.3, 0.4) is 0 Å². The van der Waals surface area contributed by atoms with Gasteiger partial charge in [-0.1, -0.05) is 0 Å². The van der Waals surface area contributed by atoms with Crippen molar-refractivity contribution < 1.29 is 14.2 Å².